The van der Waals surface area contributed by atoms with Gasteiger partial charge in [0.1, 0.15) is 11.6 Å². The minimum Gasteiger partial charge on any atom is -0.319 e. The van der Waals surface area contributed by atoms with Crippen LogP contribution in [0.5, 0.6) is 0 Å². The van der Waals surface area contributed by atoms with E-state index in [2.05, 4.69) is 5.32 Å². The molecule has 6 nitrogen and oxygen atoms in total. The van der Waals surface area contributed by atoms with Crippen LogP contribution in [0.25, 0.3) is 0 Å². The van der Waals surface area contributed by atoms with Crippen LogP contribution in [0.15, 0.2) is 18.2 Å². The second-order valence-electron chi connectivity index (χ2n) is 3.50. The molecule has 1 rings (SSSR count). The number of carbonyl (C=O) groups excluding carboxylic acids is 1. The van der Waals surface area contributed by atoms with Crippen LogP contribution < -0.4 is 5.32 Å². The van der Waals surface area contributed by atoms with Crippen LogP contribution in [0, 0.1) is 27.4 Å². The number of carbonyl (C=O) groups is 1. The maximum Gasteiger partial charge on any atom is 0.294 e. The molecule has 0 aromatic heterocycles. The van der Waals surface area contributed by atoms with Crippen molar-refractivity contribution in [3.05, 3.63) is 33.3 Å². The zero-order valence-electron chi connectivity index (χ0n) is 9.51. The lowest BCUT2D eigenvalue weighted by Gasteiger charge is -2.08. The maximum atomic E-state index is 11.6. The number of halogens is 1. The number of amides is 1. The van der Waals surface area contributed by atoms with E-state index in [1.807, 2.05) is 6.07 Å². The molecule has 0 heterocycles. The van der Waals surface area contributed by atoms with Gasteiger partial charge in [0.2, 0.25) is 5.91 Å². The van der Waals surface area contributed by atoms with Gasteiger partial charge in [-0.05, 0) is 18.6 Å². The number of nitro benzene ring substituents is 1. The van der Waals surface area contributed by atoms with E-state index >= 15 is 0 Å². The Balaban J connectivity index is 3.02. The molecule has 1 unspecified atom stereocenters. The Morgan fingerprint density at radius 3 is 2.83 bits per heavy atom. The molecule has 0 aliphatic rings. The first-order valence-electron chi connectivity index (χ1n) is 5.14. The molecule has 1 N–H and O–H groups in total. The van der Waals surface area contributed by atoms with Crippen molar-refractivity contribution in [3.8, 4) is 6.07 Å². The summed E-state index contributed by atoms with van der Waals surface area (Å²) in [5, 5.41) is 22.1. The van der Waals surface area contributed by atoms with Gasteiger partial charge in [-0.3, -0.25) is 14.9 Å². The van der Waals surface area contributed by atoms with Crippen LogP contribution in [0.2, 0.25) is 5.02 Å². The molecule has 0 spiro atoms. The number of hydrogen-bond acceptors (Lipinski definition) is 4. The normalized spacial score (nSPS) is 11.4. The molecule has 0 bridgehead atoms. The van der Waals surface area contributed by atoms with Crippen molar-refractivity contribution in [2.24, 2.45) is 5.92 Å². The van der Waals surface area contributed by atoms with Crippen molar-refractivity contribution in [2.75, 3.05) is 5.32 Å². The topological polar surface area (TPSA) is 96.0 Å². The first-order chi connectivity index (χ1) is 8.49. The van der Waals surface area contributed by atoms with E-state index in [4.69, 9.17) is 16.9 Å². The van der Waals surface area contributed by atoms with Crippen molar-refractivity contribution in [1.29, 1.82) is 5.26 Å². The Kier molecular flexibility index (Phi) is 4.63. The monoisotopic (exact) mass is 267 g/mol. The molecule has 18 heavy (non-hydrogen) atoms. The number of anilines is 1. The van der Waals surface area contributed by atoms with Crippen LogP contribution in [0.4, 0.5) is 11.4 Å². The van der Waals surface area contributed by atoms with E-state index in [1.165, 1.54) is 12.1 Å². The van der Waals surface area contributed by atoms with Gasteiger partial charge < -0.3 is 5.32 Å². The Morgan fingerprint density at radius 1 is 1.67 bits per heavy atom. The van der Waals surface area contributed by atoms with Gasteiger partial charge in [-0.2, -0.15) is 5.26 Å². The summed E-state index contributed by atoms with van der Waals surface area (Å²) in [6.45, 7) is 1.68. The number of hydrogen-bond donors (Lipinski definition) is 1. The summed E-state index contributed by atoms with van der Waals surface area (Å²) in [5.41, 5.74) is -0.272. The fourth-order valence-electron chi connectivity index (χ4n) is 1.32. The van der Waals surface area contributed by atoms with Crippen molar-refractivity contribution in [1.82, 2.24) is 0 Å². The molecule has 0 aliphatic heterocycles. The van der Waals surface area contributed by atoms with E-state index < -0.39 is 16.7 Å². The molecule has 0 saturated heterocycles. The first kappa shape index (κ1) is 13.9. The van der Waals surface area contributed by atoms with E-state index in [0.717, 1.165) is 6.07 Å². The summed E-state index contributed by atoms with van der Waals surface area (Å²) in [5.74, 6) is -1.40. The molecule has 0 fully saturated rings. The second kappa shape index (κ2) is 5.98. The molecule has 0 aliphatic carbocycles. The number of nitrogens with zero attached hydrogens (tertiary/aromatic N) is 2. The molecule has 0 radical (unpaired) electrons. The van der Waals surface area contributed by atoms with Crippen LogP contribution in [-0.4, -0.2) is 10.8 Å². The van der Waals surface area contributed by atoms with E-state index in [-0.39, 0.29) is 16.4 Å². The van der Waals surface area contributed by atoms with Gasteiger partial charge in [0.25, 0.3) is 5.69 Å². The quantitative estimate of drug-likeness (QED) is 0.670. The lowest BCUT2D eigenvalue weighted by molar-refractivity contribution is -0.383. The number of rotatable bonds is 4. The average Bonchev–Trinajstić information content (AvgIpc) is 2.32. The van der Waals surface area contributed by atoms with Gasteiger partial charge in [-0.1, -0.05) is 18.5 Å². The Hall–Kier alpha value is -2.13. The molecular weight excluding hydrogens is 258 g/mol. The summed E-state index contributed by atoms with van der Waals surface area (Å²) < 4.78 is 0. The lowest BCUT2D eigenvalue weighted by atomic mass is 10.1. The summed E-state index contributed by atoms with van der Waals surface area (Å²) in [6.07, 6.45) is 0.337. The molecule has 1 amide bonds. The van der Waals surface area contributed by atoms with Gasteiger partial charge in [0.05, 0.1) is 11.0 Å². The lowest BCUT2D eigenvalue weighted by Crippen LogP contribution is -2.21. The fraction of sp³-hybridized carbons (Fsp3) is 0.273. The van der Waals surface area contributed by atoms with Gasteiger partial charge in [-0.15, -0.1) is 0 Å². The zero-order valence-corrected chi connectivity index (χ0v) is 10.3. The van der Waals surface area contributed by atoms with Gasteiger partial charge in [0, 0.05) is 11.1 Å². The number of benzene rings is 1. The number of nitro groups is 1. The van der Waals surface area contributed by atoms with Crippen LogP contribution >= 0.6 is 11.6 Å². The van der Waals surface area contributed by atoms with Crippen LogP contribution in [0.1, 0.15) is 13.3 Å². The third kappa shape index (κ3) is 3.18. The summed E-state index contributed by atoms with van der Waals surface area (Å²) >= 11 is 5.65. The minimum atomic E-state index is -0.833. The number of nitrogens with one attached hydrogen (secondary N) is 1. The second-order valence-corrected chi connectivity index (χ2v) is 3.93. The maximum absolute atomic E-state index is 11.6. The van der Waals surface area contributed by atoms with Crippen molar-refractivity contribution >= 4 is 28.9 Å². The highest BCUT2D eigenvalue weighted by Gasteiger charge is 2.20. The van der Waals surface area contributed by atoms with E-state index in [1.54, 1.807) is 6.92 Å². The smallest absolute Gasteiger partial charge is 0.294 e. The predicted octanol–water partition coefficient (Wildman–Crippen LogP) is 2.74. The van der Waals surface area contributed by atoms with Crippen LogP contribution in [-0.2, 0) is 4.79 Å². The third-order valence-electron chi connectivity index (χ3n) is 2.29. The molecule has 94 valence electrons. The van der Waals surface area contributed by atoms with Crippen molar-refractivity contribution < 1.29 is 9.72 Å². The third-order valence-corrected chi connectivity index (χ3v) is 2.53. The van der Waals surface area contributed by atoms with Gasteiger partial charge in [0.15, 0.2) is 0 Å². The predicted molar refractivity (Wildman–Crippen MR) is 66.1 cm³/mol. The molecule has 0 saturated carbocycles. The number of nitriles is 1. The highest BCUT2D eigenvalue weighted by atomic mass is 35.5. The summed E-state index contributed by atoms with van der Waals surface area (Å²) in [6, 6.07) is 5.73. The van der Waals surface area contributed by atoms with Crippen LogP contribution in [0.3, 0.4) is 0 Å². The largest absolute Gasteiger partial charge is 0.319 e. The average molecular weight is 268 g/mol. The molecule has 1 aromatic rings. The van der Waals surface area contributed by atoms with Gasteiger partial charge in [-0.25, -0.2) is 0 Å². The zero-order chi connectivity index (χ0) is 13.7. The molecule has 1 atom stereocenters. The molecule has 7 heteroatoms. The summed E-state index contributed by atoms with van der Waals surface area (Å²) in [7, 11) is 0. The highest BCUT2D eigenvalue weighted by molar-refractivity contribution is 6.31. The standard InChI is InChI=1S/C11H10ClN3O3/c1-2-7(6-13)11(16)14-9-4-3-8(12)5-10(9)15(17)18/h3-5,7H,2H2,1H3,(H,14,16). The molecular formula is C11H10ClN3O3. The summed E-state index contributed by atoms with van der Waals surface area (Å²) in [4.78, 5) is 21.8. The van der Waals surface area contributed by atoms with Crippen molar-refractivity contribution in [3.63, 3.8) is 0 Å². The SMILES string of the molecule is CCC(C#N)C(=O)Nc1ccc(Cl)cc1[N+](=O)[O-]. The van der Waals surface area contributed by atoms with E-state index in [9.17, 15) is 14.9 Å². The Bertz CT molecular complexity index is 525. The highest BCUT2D eigenvalue weighted by Crippen LogP contribution is 2.28. The Morgan fingerprint density at radius 2 is 2.33 bits per heavy atom. The minimum absolute atomic E-state index is 0.0306. The van der Waals surface area contributed by atoms with Crippen molar-refractivity contribution in [2.45, 2.75) is 13.3 Å². The molecule has 1 aromatic carbocycles. The van der Waals surface area contributed by atoms with Gasteiger partial charge >= 0.3 is 0 Å². The first-order valence-corrected chi connectivity index (χ1v) is 5.51. The fourth-order valence-corrected chi connectivity index (χ4v) is 1.48. The Labute approximate surface area is 108 Å². The van der Waals surface area contributed by atoms with E-state index in [0.29, 0.717) is 6.42 Å².